The minimum absolute atomic E-state index is 0.0559. The summed E-state index contributed by atoms with van der Waals surface area (Å²) in [5.74, 6) is 1.62. The van der Waals surface area contributed by atoms with Crippen molar-refractivity contribution in [1.29, 1.82) is 0 Å². The van der Waals surface area contributed by atoms with Gasteiger partial charge in [0.2, 0.25) is 5.91 Å². The lowest BCUT2D eigenvalue weighted by Gasteiger charge is -2.35. The van der Waals surface area contributed by atoms with Gasteiger partial charge in [-0.25, -0.2) is 9.37 Å². The monoisotopic (exact) mass is 455 g/mol. The van der Waals surface area contributed by atoms with Crippen molar-refractivity contribution in [3.05, 3.63) is 48.7 Å². The van der Waals surface area contributed by atoms with Crippen LogP contribution in [0.5, 0.6) is 0 Å². The van der Waals surface area contributed by atoms with Gasteiger partial charge in [-0.05, 0) is 18.1 Å². The lowest BCUT2D eigenvalue weighted by atomic mass is 10.2. The average molecular weight is 456 g/mol. The number of nitrogens with zero attached hydrogens (tertiary/aromatic N) is 7. The Morgan fingerprint density at radius 2 is 1.91 bits per heavy atom. The third kappa shape index (κ3) is 5.07. The smallest absolute Gasteiger partial charge is 0.233 e. The molecule has 0 saturated carbocycles. The minimum Gasteiger partial charge on any atom is -0.352 e. The summed E-state index contributed by atoms with van der Waals surface area (Å²) in [6.07, 6.45) is 5.06. The van der Waals surface area contributed by atoms with E-state index in [-0.39, 0.29) is 17.5 Å². The molecule has 32 heavy (non-hydrogen) atoms. The number of piperazine rings is 1. The van der Waals surface area contributed by atoms with Crippen LogP contribution >= 0.6 is 11.8 Å². The van der Waals surface area contributed by atoms with Crippen LogP contribution in [0.1, 0.15) is 13.8 Å². The van der Waals surface area contributed by atoms with Crippen molar-refractivity contribution < 1.29 is 9.18 Å². The summed E-state index contributed by atoms with van der Waals surface area (Å²) in [4.78, 5) is 25.2. The number of hydrogen-bond acceptors (Lipinski definition) is 7. The molecular formula is C22H26FN7OS. The second-order valence-electron chi connectivity index (χ2n) is 8.01. The molecule has 0 spiro atoms. The second kappa shape index (κ2) is 10.1. The van der Waals surface area contributed by atoms with E-state index < -0.39 is 0 Å². The number of aromatic nitrogens is 5. The van der Waals surface area contributed by atoms with Crippen molar-refractivity contribution in [2.45, 2.75) is 25.5 Å². The summed E-state index contributed by atoms with van der Waals surface area (Å²) < 4.78 is 16.3. The molecule has 0 aliphatic carbocycles. The number of hydrogen-bond donors (Lipinski definition) is 0. The SMILES string of the molecule is CC(C)Cn1c(SCC(=O)N2CCN(c3cnccn3)CC2)nnc1-c1ccccc1F. The molecule has 1 fully saturated rings. The van der Waals surface area contributed by atoms with Gasteiger partial charge in [-0.2, -0.15) is 0 Å². The Morgan fingerprint density at radius 1 is 1.12 bits per heavy atom. The number of rotatable bonds is 7. The maximum absolute atomic E-state index is 14.4. The highest BCUT2D eigenvalue weighted by molar-refractivity contribution is 7.99. The predicted molar refractivity (Wildman–Crippen MR) is 122 cm³/mol. The molecular weight excluding hydrogens is 429 g/mol. The first-order valence-electron chi connectivity index (χ1n) is 10.6. The Labute approximate surface area is 190 Å². The Morgan fingerprint density at radius 3 is 2.59 bits per heavy atom. The van der Waals surface area contributed by atoms with E-state index in [0.29, 0.717) is 42.1 Å². The molecule has 4 rings (SSSR count). The molecule has 0 N–H and O–H groups in total. The number of anilines is 1. The number of thioether (sulfide) groups is 1. The zero-order valence-electron chi connectivity index (χ0n) is 18.2. The van der Waals surface area contributed by atoms with Gasteiger partial charge in [-0.3, -0.25) is 9.78 Å². The van der Waals surface area contributed by atoms with E-state index in [1.54, 1.807) is 36.8 Å². The molecule has 1 aliphatic heterocycles. The Balaban J connectivity index is 1.40. The van der Waals surface area contributed by atoms with Crippen LogP contribution in [-0.4, -0.2) is 67.5 Å². The van der Waals surface area contributed by atoms with E-state index in [1.807, 2.05) is 9.47 Å². The fourth-order valence-corrected chi connectivity index (χ4v) is 4.47. The summed E-state index contributed by atoms with van der Waals surface area (Å²) in [6.45, 7) is 7.52. The summed E-state index contributed by atoms with van der Waals surface area (Å²) in [7, 11) is 0. The fourth-order valence-electron chi connectivity index (χ4n) is 3.62. The maximum Gasteiger partial charge on any atom is 0.233 e. The molecule has 1 saturated heterocycles. The Hall–Kier alpha value is -3.01. The van der Waals surface area contributed by atoms with Crippen LogP contribution in [0.3, 0.4) is 0 Å². The van der Waals surface area contributed by atoms with Gasteiger partial charge in [-0.15, -0.1) is 10.2 Å². The van der Waals surface area contributed by atoms with Crippen LogP contribution < -0.4 is 4.90 Å². The molecule has 0 atom stereocenters. The van der Waals surface area contributed by atoms with E-state index in [9.17, 15) is 9.18 Å². The highest BCUT2D eigenvalue weighted by Gasteiger charge is 2.24. The van der Waals surface area contributed by atoms with Crippen LogP contribution in [0, 0.1) is 11.7 Å². The van der Waals surface area contributed by atoms with Crippen molar-refractivity contribution in [2.75, 3.05) is 36.8 Å². The average Bonchev–Trinajstić information content (AvgIpc) is 3.20. The van der Waals surface area contributed by atoms with Crippen molar-refractivity contribution in [3.8, 4) is 11.4 Å². The van der Waals surface area contributed by atoms with Gasteiger partial charge in [-0.1, -0.05) is 37.7 Å². The standard InChI is InChI=1S/C22H26FN7OS/c1-16(2)14-30-21(17-5-3-4-6-18(17)23)26-27-22(30)32-15-20(31)29-11-9-28(10-12-29)19-13-24-7-8-25-19/h3-8,13,16H,9-12,14-15H2,1-2H3. The van der Waals surface area contributed by atoms with Crippen LogP contribution in [0.2, 0.25) is 0 Å². The number of carbonyl (C=O) groups is 1. The Bertz CT molecular complexity index is 1050. The summed E-state index contributed by atoms with van der Waals surface area (Å²) in [6, 6.07) is 6.55. The van der Waals surface area contributed by atoms with E-state index in [1.165, 1.54) is 17.8 Å². The van der Waals surface area contributed by atoms with Gasteiger partial charge in [0, 0.05) is 45.1 Å². The molecule has 0 radical (unpaired) electrons. The normalized spacial score (nSPS) is 14.2. The highest BCUT2D eigenvalue weighted by Crippen LogP contribution is 2.27. The third-order valence-corrected chi connectivity index (χ3v) is 6.16. The van der Waals surface area contributed by atoms with Crippen LogP contribution in [0.4, 0.5) is 10.2 Å². The molecule has 3 aromatic rings. The van der Waals surface area contributed by atoms with Crippen molar-refractivity contribution >= 4 is 23.5 Å². The van der Waals surface area contributed by atoms with Gasteiger partial charge < -0.3 is 14.4 Å². The lowest BCUT2D eigenvalue weighted by molar-refractivity contribution is -0.128. The van der Waals surface area contributed by atoms with Gasteiger partial charge in [0.15, 0.2) is 11.0 Å². The summed E-state index contributed by atoms with van der Waals surface area (Å²) >= 11 is 1.35. The van der Waals surface area contributed by atoms with Crippen LogP contribution in [0.15, 0.2) is 48.0 Å². The topological polar surface area (TPSA) is 80.0 Å². The first-order chi connectivity index (χ1) is 15.5. The first-order valence-corrected chi connectivity index (χ1v) is 11.6. The number of amides is 1. The molecule has 0 bridgehead atoms. The van der Waals surface area contributed by atoms with E-state index >= 15 is 0 Å². The van der Waals surface area contributed by atoms with Crippen molar-refractivity contribution in [1.82, 2.24) is 29.6 Å². The maximum atomic E-state index is 14.4. The van der Waals surface area contributed by atoms with Crippen LogP contribution in [-0.2, 0) is 11.3 Å². The van der Waals surface area contributed by atoms with E-state index in [0.717, 1.165) is 18.9 Å². The molecule has 2 aromatic heterocycles. The number of carbonyl (C=O) groups excluding carboxylic acids is 1. The highest BCUT2D eigenvalue weighted by atomic mass is 32.2. The molecule has 1 aliphatic rings. The van der Waals surface area contributed by atoms with Gasteiger partial charge in [0.25, 0.3) is 0 Å². The van der Waals surface area contributed by atoms with Gasteiger partial charge in [0.05, 0.1) is 17.5 Å². The van der Waals surface area contributed by atoms with Crippen molar-refractivity contribution in [2.24, 2.45) is 5.92 Å². The molecule has 8 nitrogen and oxygen atoms in total. The third-order valence-electron chi connectivity index (χ3n) is 5.21. The van der Waals surface area contributed by atoms with E-state index in [4.69, 9.17) is 0 Å². The fraction of sp³-hybridized carbons (Fsp3) is 0.409. The second-order valence-corrected chi connectivity index (χ2v) is 8.95. The molecule has 1 amide bonds. The molecule has 10 heteroatoms. The van der Waals surface area contributed by atoms with Crippen molar-refractivity contribution in [3.63, 3.8) is 0 Å². The largest absolute Gasteiger partial charge is 0.352 e. The zero-order chi connectivity index (χ0) is 22.5. The lowest BCUT2D eigenvalue weighted by Crippen LogP contribution is -2.49. The first kappa shape index (κ1) is 22.2. The molecule has 3 heterocycles. The molecule has 0 unspecified atom stereocenters. The van der Waals surface area contributed by atoms with Crippen LogP contribution in [0.25, 0.3) is 11.4 Å². The summed E-state index contributed by atoms with van der Waals surface area (Å²) in [5.41, 5.74) is 0.416. The molecule has 168 valence electrons. The molecule has 1 aromatic carbocycles. The van der Waals surface area contributed by atoms with Gasteiger partial charge in [0.1, 0.15) is 11.6 Å². The number of benzene rings is 1. The summed E-state index contributed by atoms with van der Waals surface area (Å²) in [5, 5.41) is 9.14. The quantitative estimate of drug-likeness (QED) is 0.507. The minimum atomic E-state index is -0.335. The predicted octanol–water partition coefficient (Wildman–Crippen LogP) is 2.97. The zero-order valence-corrected chi connectivity index (χ0v) is 19.0. The number of halogens is 1. The van der Waals surface area contributed by atoms with E-state index in [2.05, 4.69) is 38.9 Å². The Kier molecular flexibility index (Phi) is 6.99. The van der Waals surface area contributed by atoms with Gasteiger partial charge >= 0.3 is 0 Å².